The second kappa shape index (κ2) is 15.7. The maximum Gasteiger partial charge on any atom is 0.343 e. The van der Waals surface area contributed by atoms with Gasteiger partial charge >= 0.3 is 11.9 Å². The molecule has 0 aliphatic carbocycles. The predicted octanol–water partition coefficient (Wildman–Crippen LogP) is 7.20. The molecule has 2 saturated heterocycles. The monoisotopic (exact) mass is 586 g/mol. The van der Waals surface area contributed by atoms with E-state index in [-0.39, 0.29) is 12.4 Å². The fourth-order valence-electron chi connectivity index (χ4n) is 4.97. The summed E-state index contributed by atoms with van der Waals surface area (Å²) in [5.74, 6) is 0.818. The summed E-state index contributed by atoms with van der Waals surface area (Å²) in [5, 5.41) is 0. The molecule has 228 valence electrons. The van der Waals surface area contributed by atoms with E-state index < -0.39 is 5.97 Å². The van der Waals surface area contributed by atoms with Gasteiger partial charge in [-0.25, -0.2) is 4.79 Å². The largest absolute Gasteiger partial charge is 0.494 e. The molecule has 0 bridgehead atoms. The highest BCUT2D eigenvalue weighted by atomic mass is 16.6. The first-order valence-electron chi connectivity index (χ1n) is 15.6. The third-order valence-electron chi connectivity index (χ3n) is 7.77. The molecule has 0 aromatic heterocycles. The fourth-order valence-corrected chi connectivity index (χ4v) is 4.97. The van der Waals surface area contributed by atoms with Crippen molar-refractivity contribution < 1.29 is 33.3 Å². The highest BCUT2D eigenvalue weighted by Crippen LogP contribution is 2.25. The van der Waals surface area contributed by atoms with Crippen LogP contribution in [0.4, 0.5) is 0 Å². The van der Waals surface area contributed by atoms with E-state index in [0.717, 1.165) is 43.8 Å². The van der Waals surface area contributed by atoms with Gasteiger partial charge in [0.05, 0.1) is 37.6 Å². The summed E-state index contributed by atoms with van der Waals surface area (Å²) >= 11 is 0. The van der Waals surface area contributed by atoms with Crippen molar-refractivity contribution in [2.45, 2.75) is 83.3 Å². The molecule has 0 amide bonds. The molecule has 3 aromatic rings. The van der Waals surface area contributed by atoms with E-state index in [0.29, 0.717) is 47.9 Å². The standard InChI is InChI=1S/C36H42O7/c1-26-22-31(18-19-34(26)43-35(37)20-13-27-9-11-28(12-10-27)23-33-25-41-33)42-36(38)29-14-16-30(17-15-29)39-21-7-5-3-2-4-6-8-32-24-40-32/h9-12,14-19,22,32-33H,2-8,13,20-21,23-25H2,1H3. The SMILES string of the molecule is Cc1cc(OC(=O)c2ccc(OCCCCCCCCC3CO3)cc2)ccc1OC(=O)CCc1ccc(CC2CO2)cc1. The van der Waals surface area contributed by atoms with Gasteiger partial charge in [-0.05, 0) is 85.3 Å². The lowest BCUT2D eigenvalue weighted by Gasteiger charge is -2.11. The van der Waals surface area contributed by atoms with Gasteiger partial charge in [-0.2, -0.15) is 0 Å². The average Bonchev–Trinajstić information content (AvgIpc) is 3.95. The lowest BCUT2D eigenvalue weighted by Crippen LogP contribution is -2.11. The Kier molecular flexibility index (Phi) is 11.2. The maximum atomic E-state index is 12.7. The third-order valence-corrected chi connectivity index (χ3v) is 7.77. The highest BCUT2D eigenvalue weighted by Gasteiger charge is 2.22. The molecule has 2 unspecified atom stereocenters. The van der Waals surface area contributed by atoms with E-state index in [1.54, 1.807) is 42.5 Å². The first kappa shape index (κ1) is 30.8. The smallest absolute Gasteiger partial charge is 0.343 e. The molecule has 3 aromatic carbocycles. The van der Waals surface area contributed by atoms with Crippen LogP contribution in [0.25, 0.3) is 0 Å². The number of benzene rings is 3. The average molecular weight is 587 g/mol. The van der Waals surface area contributed by atoms with Crippen LogP contribution in [0.1, 0.15) is 78.4 Å². The lowest BCUT2D eigenvalue weighted by molar-refractivity contribution is -0.134. The highest BCUT2D eigenvalue weighted by molar-refractivity contribution is 5.91. The van der Waals surface area contributed by atoms with Crippen molar-refractivity contribution >= 4 is 11.9 Å². The Bertz CT molecular complexity index is 1320. The number of ether oxygens (including phenoxy) is 5. The van der Waals surface area contributed by atoms with Crippen LogP contribution in [0.15, 0.2) is 66.7 Å². The molecule has 7 nitrogen and oxygen atoms in total. The second-order valence-corrected chi connectivity index (χ2v) is 11.5. The maximum absolute atomic E-state index is 12.7. The summed E-state index contributed by atoms with van der Waals surface area (Å²) in [5.41, 5.74) is 3.48. The minimum absolute atomic E-state index is 0.276. The molecule has 2 atom stereocenters. The Morgan fingerprint density at radius 2 is 1.40 bits per heavy atom. The molecule has 2 fully saturated rings. The molecule has 0 saturated carbocycles. The predicted molar refractivity (Wildman–Crippen MR) is 164 cm³/mol. The van der Waals surface area contributed by atoms with Gasteiger partial charge in [0.1, 0.15) is 17.2 Å². The van der Waals surface area contributed by atoms with E-state index in [1.165, 1.54) is 37.7 Å². The Morgan fingerprint density at radius 3 is 2.09 bits per heavy atom. The number of carbonyl (C=O) groups is 2. The van der Waals surface area contributed by atoms with Gasteiger partial charge in [0.15, 0.2) is 0 Å². The van der Waals surface area contributed by atoms with E-state index in [2.05, 4.69) is 24.3 Å². The van der Waals surface area contributed by atoms with Crippen LogP contribution in [-0.4, -0.2) is 44.0 Å². The number of hydrogen-bond acceptors (Lipinski definition) is 7. The molecule has 0 N–H and O–H groups in total. The van der Waals surface area contributed by atoms with Crippen molar-refractivity contribution in [2.75, 3.05) is 19.8 Å². The van der Waals surface area contributed by atoms with Crippen LogP contribution in [-0.2, 0) is 27.1 Å². The molecule has 2 heterocycles. The zero-order valence-electron chi connectivity index (χ0n) is 25.1. The summed E-state index contributed by atoms with van der Waals surface area (Å²) in [6.45, 7) is 4.29. The van der Waals surface area contributed by atoms with Gasteiger partial charge in [0, 0.05) is 12.8 Å². The van der Waals surface area contributed by atoms with E-state index in [1.807, 2.05) is 6.92 Å². The van der Waals surface area contributed by atoms with Gasteiger partial charge < -0.3 is 23.7 Å². The third kappa shape index (κ3) is 10.8. The van der Waals surface area contributed by atoms with Crippen LogP contribution >= 0.6 is 0 Å². The number of rotatable bonds is 18. The number of unbranched alkanes of at least 4 members (excludes halogenated alkanes) is 5. The van der Waals surface area contributed by atoms with Crippen molar-refractivity contribution in [3.05, 3.63) is 89.0 Å². The molecule has 43 heavy (non-hydrogen) atoms. The van der Waals surface area contributed by atoms with Gasteiger partial charge in [-0.3, -0.25) is 4.79 Å². The first-order valence-corrected chi connectivity index (χ1v) is 15.6. The lowest BCUT2D eigenvalue weighted by atomic mass is 10.0. The normalized spacial score (nSPS) is 16.9. The van der Waals surface area contributed by atoms with Gasteiger partial charge in [-0.1, -0.05) is 56.4 Å². The van der Waals surface area contributed by atoms with E-state index in [4.69, 9.17) is 23.7 Å². The Labute approximate surface area is 254 Å². The van der Waals surface area contributed by atoms with Crippen molar-refractivity contribution in [1.29, 1.82) is 0 Å². The molecule has 2 aliphatic heterocycles. The number of epoxide rings is 2. The Hall–Kier alpha value is -3.68. The van der Waals surface area contributed by atoms with Gasteiger partial charge in [-0.15, -0.1) is 0 Å². The molecule has 2 aliphatic rings. The summed E-state index contributed by atoms with van der Waals surface area (Å²) < 4.78 is 27.5. The van der Waals surface area contributed by atoms with Gasteiger partial charge in [0.25, 0.3) is 0 Å². The van der Waals surface area contributed by atoms with Crippen molar-refractivity contribution in [1.82, 2.24) is 0 Å². The quantitative estimate of drug-likeness (QED) is 0.0674. The summed E-state index contributed by atoms with van der Waals surface area (Å²) in [6, 6.07) is 20.3. The first-order chi connectivity index (χ1) is 21.0. The molecule has 0 spiro atoms. The molecule has 7 heteroatoms. The zero-order chi connectivity index (χ0) is 29.9. The number of hydrogen-bond donors (Lipinski definition) is 0. The van der Waals surface area contributed by atoms with Crippen molar-refractivity contribution in [3.8, 4) is 17.2 Å². The Morgan fingerprint density at radius 1 is 0.744 bits per heavy atom. The molecular weight excluding hydrogens is 544 g/mol. The minimum Gasteiger partial charge on any atom is -0.494 e. The van der Waals surface area contributed by atoms with Crippen LogP contribution in [0.2, 0.25) is 0 Å². The Balaban J connectivity index is 0.980. The number of carbonyl (C=O) groups excluding carboxylic acids is 2. The number of aryl methyl sites for hydroxylation is 2. The zero-order valence-corrected chi connectivity index (χ0v) is 25.1. The molecule has 5 rings (SSSR count). The minimum atomic E-state index is -0.459. The van der Waals surface area contributed by atoms with E-state index >= 15 is 0 Å². The van der Waals surface area contributed by atoms with Gasteiger partial charge in [0.2, 0.25) is 0 Å². The summed E-state index contributed by atoms with van der Waals surface area (Å²) in [4.78, 5) is 25.1. The van der Waals surface area contributed by atoms with Crippen LogP contribution < -0.4 is 14.2 Å². The van der Waals surface area contributed by atoms with Crippen LogP contribution in [0.3, 0.4) is 0 Å². The topological polar surface area (TPSA) is 86.9 Å². The molecular formula is C36H42O7. The van der Waals surface area contributed by atoms with Crippen LogP contribution in [0, 0.1) is 6.92 Å². The van der Waals surface area contributed by atoms with Crippen LogP contribution in [0.5, 0.6) is 17.2 Å². The van der Waals surface area contributed by atoms with Crippen molar-refractivity contribution in [2.24, 2.45) is 0 Å². The summed E-state index contributed by atoms with van der Waals surface area (Å²) in [6.07, 6.45) is 11.2. The second-order valence-electron chi connectivity index (χ2n) is 11.5. The van der Waals surface area contributed by atoms with E-state index in [9.17, 15) is 9.59 Å². The summed E-state index contributed by atoms with van der Waals surface area (Å²) in [7, 11) is 0. The molecule has 0 radical (unpaired) electrons. The number of esters is 2. The fraction of sp³-hybridized carbons (Fsp3) is 0.444. The van der Waals surface area contributed by atoms with Crippen molar-refractivity contribution in [3.63, 3.8) is 0 Å².